The second-order valence-electron chi connectivity index (χ2n) is 3.42. The van der Waals surface area contributed by atoms with Crippen LogP contribution in [0, 0.1) is 12.7 Å². The van der Waals surface area contributed by atoms with Gasteiger partial charge >= 0.3 is 0 Å². The predicted molar refractivity (Wildman–Crippen MR) is 56.5 cm³/mol. The molecular weight excluding hydrogens is 177 g/mol. The molecule has 1 nitrogen and oxygen atoms in total. The van der Waals surface area contributed by atoms with Gasteiger partial charge in [-0.05, 0) is 36.1 Å². The number of aromatic nitrogens is 1. The van der Waals surface area contributed by atoms with Crippen LogP contribution in [-0.2, 0) is 6.54 Å². The van der Waals surface area contributed by atoms with Gasteiger partial charge in [0.25, 0.3) is 0 Å². The summed E-state index contributed by atoms with van der Waals surface area (Å²) in [6.45, 7) is 4.71. The van der Waals surface area contributed by atoms with E-state index in [1.54, 1.807) is 6.07 Å². The topological polar surface area (TPSA) is 4.93 Å². The molecule has 1 aromatic carbocycles. The Morgan fingerprint density at radius 1 is 1.29 bits per heavy atom. The van der Waals surface area contributed by atoms with Crippen molar-refractivity contribution in [2.75, 3.05) is 0 Å². The molecule has 0 aliphatic heterocycles. The highest BCUT2D eigenvalue weighted by atomic mass is 19.1. The first-order valence-electron chi connectivity index (χ1n) is 4.85. The summed E-state index contributed by atoms with van der Waals surface area (Å²) >= 11 is 0. The fourth-order valence-electron chi connectivity index (χ4n) is 1.63. The first kappa shape index (κ1) is 9.25. The third-order valence-corrected chi connectivity index (χ3v) is 2.38. The summed E-state index contributed by atoms with van der Waals surface area (Å²) in [6.07, 6.45) is 3.94. The Morgan fingerprint density at radius 2 is 2.14 bits per heavy atom. The molecule has 14 heavy (non-hydrogen) atoms. The summed E-state index contributed by atoms with van der Waals surface area (Å²) in [4.78, 5) is 0. The third-order valence-electron chi connectivity index (χ3n) is 2.38. The minimum Gasteiger partial charge on any atom is -0.347 e. The zero-order chi connectivity index (χ0) is 9.97. The molecule has 0 saturated heterocycles. The van der Waals surface area contributed by atoms with Crippen molar-refractivity contribution in [3.8, 4) is 0 Å². The van der Waals surface area contributed by atoms with Gasteiger partial charge in [-0.3, -0.25) is 0 Å². The summed E-state index contributed by atoms with van der Waals surface area (Å²) in [6, 6.07) is 6.90. The second kappa shape index (κ2) is 3.82. The number of unbranched alkanes of at least 4 members (excludes halogenated alkanes) is 1. The number of fused-ring (bicyclic) bond motifs is 1. The van der Waals surface area contributed by atoms with Gasteiger partial charge in [-0.15, -0.1) is 0 Å². The van der Waals surface area contributed by atoms with Crippen LogP contribution in [0.3, 0.4) is 0 Å². The molecule has 1 radical (unpaired) electrons. The van der Waals surface area contributed by atoms with Crippen molar-refractivity contribution < 1.29 is 4.39 Å². The van der Waals surface area contributed by atoms with Crippen LogP contribution in [0.2, 0.25) is 0 Å². The van der Waals surface area contributed by atoms with E-state index in [4.69, 9.17) is 0 Å². The molecular formula is C12H13FN. The van der Waals surface area contributed by atoms with Gasteiger partial charge in [-0.2, -0.15) is 0 Å². The van der Waals surface area contributed by atoms with Gasteiger partial charge in [-0.1, -0.05) is 13.3 Å². The summed E-state index contributed by atoms with van der Waals surface area (Å²) in [5.74, 6) is -0.174. The van der Waals surface area contributed by atoms with Crippen LogP contribution in [0.15, 0.2) is 30.5 Å². The van der Waals surface area contributed by atoms with E-state index in [9.17, 15) is 4.39 Å². The zero-order valence-electron chi connectivity index (χ0n) is 8.04. The van der Waals surface area contributed by atoms with E-state index in [0.29, 0.717) is 0 Å². The maximum Gasteiger partial charge on any atom is 0.125 e. The fraction of sp³-hybridized carbons (Fsp3) is 0.250. The predicted octanol–water partition coefficient (Wildman–Crippen LogP) is 3.39. The van der Waals surface area contributed by atoms with Crippen LogP contribution in [0.4, 0.5) is 4.39 Å². The van der Waals surface area contributed by atoms with Crippen LogP contribution in [0.25, 0.3) is 10.9 Å². The molecule has 0 amide bonds. The Hall–Kier alpha value is -1.31. The summed E-state index contributed by atoms with van der Waals surface area (Å²) < 4.78 is 15.1. The van der Waals surface area contributed by atoms with E-state index in [2.05, 4.69) is 11.5 Å². The maximum atomic E-state index is 13.0. The lowest BCUT2D eigenvalue weighted by Crippen LogP contribution is -1.95. The molecule has 0 fully saturated rings. The SMILES string of the molecule is [CH2]CCCn1ccc2ccc(F)cc21. The van der Waals surface area contributed by atoms with Gasteiger partial charge in [0.1, 0.15) is 5.82 Å². The summed E-state index contributed by atoms with van der Waals surface area (Å²) in [5.41, 5.74) is 0.971. The van der Waals surface area contributed by atoms with Crippen molar-refractivity contribution in [1.82, 2.24) is 4.57 Å². The van der Waals surface area contributed by atoms with E-state index in [-0.39, 0.29) is 5.82 Å². The van der Waals surface area contributed by atoms with E-state index in [0.717, 1.165) is 30.3 Å². The lowest BCUT2D eigenvalue weighted by atomic mass is 10.2. The van der Waals surface area contributed by atoms with Crippen LogP contribution < -0.4 is 0 Å². The highest BCUT2D eigenvalue weighted by molar-refractivity contribution is 5.80. The molecule has 2 rings (SSSR count). The largest absolute Gasteiger partial charge is 0.347 e. The normalized spacial score (nSPS) is 11.0. The van der Waals surface area contributed by atoms with E-state index >= 15 is 0 Å². The number of halogens is 1. The van der Waals surface area contributed by atoms with Crippen molar-refractivity contribution in [2.24, 2.45) is 0 Å². The molecule has 73 valence electrons. The molecule has 0 spiro atoms. The van der Waals surface area contributed by atoms with Crippen molar-refractivity contribution in [3.05, 3.63) is 43.2 Å². The number of nitrogens with zero attached hydrogens (tertiary/aromatic N) is 1. The molecule has 0 aliphatic carbocycles. The molecule has 0 N–H and O–H groups in total. The lowest BCUT2D eigenvalue weighted by molar-refractivity contribution is 0.625. The first-order chi connectivity index (χ1) is 6.81. The van der Waals surface area contributed by atoms with Crippen molar-refractivity contribution in [2.45, 2.75) is 19.4 Å². The molecule has 1 aromatic heterocycles. The van der Waals surface area contributed by atoms with Crippen molar-refractivity contribution in [3.63, 3.8) is 0 Å². The number of rotatable bonds is 3. The third kappa shape index (κ3) is 1.65. The van der Waals surface area contributed by atoms with Crippen molar-refractivity contribution >= 4 is 10.9 Å². The summed E-state index contributed by atoms with van der Waals surface area (Å²) in [7, 11) is 0. The Bertz CT molecular complexity index is 431. The van der Waals surface area contributed by atoms with Gasteiger partial charge in [0.2, 0.25) is 0 Å². The minimum atomic E-state index is -0.174. The smallest absolute Gasteiger partial charge is 0.125 e. The number of hydrogen-bond acceptors (Lipinski definition) is 0. The fourth-order valence-corrected chi connectivity index (χ4v) is 1.63. The molecule has 2 aromatic rings. The van der Waals surface area contributed by atoms with Gasteiger partial charge in [-0.25, -0.2) is 4.39 Å². The average molecular weight is 190 g/mol. The van der Waals surface area contributed by atoms with Crippen LogP contribution in [0.1, 0.15) is 12.8 Å². The number of aryl methyl sites for hydroxylation is 1. The van der Waals surface area contributed by atoms with Crippen LogP contribution in [0.5, 0.6) is 0 Å². The molecule has 0 unspecified atom stereocenters. The van der Waals surface area contributed by atoms with Gasteiger partial charge in [0.15, 0.2) is 0 Å². The molecule has 0 bridgehead atoms. The second-order valence-corrected chi connectivity index (χ2v) is 3.42. The first-order valence-corrected chi connectivity index (χ1v) is 4.85. The molecule has 1 heterocycles. The van der Waals surface area contributed by atoms with E-state index < -0.39 is 0 Å². The number of benzene rings is 1. The Morgan fingerprint density at radius 3 is 2.93 bits per heavy atom. The average Bonchev–Trinajstić information content (AvgIpc) is 2.57. The molecule has 0 aliphatic rings. The quantitative estimate of drug-likeness (QED) is 0.699. The van der Waals surface area contributed by atoms with E-state index in [1.165, 1.54) is 6.07 Å². The van der Waals surface area contributed by atoms with E-state index in [1.807, 2.05) is 18.3 Å². The van der Waals surface area contributed by atoms with Gasteiger partial charge in [0.05, 0.1) is 5.52 Å². The highest BCUT2D eigenvalue weighted by Gasteiger charge is 2.01. The van der Waals surface area contributed by atoms with Crippen LogP contribution >= 0.6 is 0 Å². The minimum absolute atomic E-state index is 0.174. The Kier molecular flexibility index (Phi) is 2.53. The van der Waals surface area contributed by atoms with Gasteiger partial charge in [0, 0.05) is 12.7 Å². The Balaban J connectivity index is 2.40. The molecule has 0 atom stereocenters. The Labute approximate surface area is 83.2 Å². The van der Waals surface area contributed by atoms with Crippen LogP contribution in [-0.4, -0.2) is 4.57 Å². The summed E-state index contributed by atoms with van der Waals surface area (Å²) in [5, 5.41) is 1.09. The van der Waals surface area contributed by atoms with Crippen molar-refractivity contribution in [1.29, 1.82) is 0 Å². The van der Waals surface area contributed by atoms with Gasteiger partial charge < -0.3 is 4.57 Å². The zero-order valence-corrected chi connectivity index (χ0v) is 8.04. The monoisotopic (exact) mass is 190 g/mol. The lowest BCUT2D eigenvalue weighted by Gasteiger charge is -2.03. The molecule has 2 heteroatoms. The number of hydrogen-bond donors (Lipinski definition) is 0. The highest BCUT2D eigenvalue weighted by Crippen LogP contribution is 2.17. The molecule has 0 saturated carbocycles. The standard InChI is InChI=1S/C12H13FN/c1-2-3-7-14-8-6-10-4-5-11(13)9-12(10)14/h4-6,8-9H,1-3,7H2. The maximum absolute atomic E-state index is 13.0.